The van der Waals surface area contributed by atoms with Crippen molar-refractivity contribution in [1.82, 2.24) is 21.3 Å². The van der Waals surface area contributed by atoms with Gasteiger partial charge in [0.2, 0.25) is 6.41 Å². The van der Waals surface area contributed by atoms with Gasteiger partial charge in [-0.1, -0.05) is 27.7 Å². The molecule has 12 heteroatoms. The standard InChI is InChI=1S/C21H42N4O8/c1-5-9-22-17(26)30-13-21(14-31-18(27)23-10-6-2,15-32-19(28)24-11-7-3)16-33-20(29)25-12-8-4/h17,22,26H,5-16H2,1-4H3,(H,23,27)(H,24,28)(H,25,29). The Morgan fingerprint density at radius 3 is 1.36 bits per heavy atom. The predicted octanol–water partition coefficient (Wildman–Crippen LogP) is 1.67. The number of aliphatic hydroxyl groups is 1. The number of rotatable bonds is 18. The minimum Gasteiger partial charge on any atom is -0.449 e. The van der Waals surface area contributed by atoms with Gasteiger partial charge in [-0.2, -0.15) is 0 Å². The summed E-state index contributed by atoms with van der Waals surface area (Å²) in [5.74, 6) is 0. The molecule has 0 aromatic rings. The molecule has 12 nitrogen and oxygen atoms in total. The fourth-order valence-electron chi connectivity index (χ4n) is 2.32. The Morgan fingerprint density at radius 2 is 1.03 bits per heavy atom. The maximum absolute atomic E-state index is 12.0. The summed E-state index contributed by atoms with van der Waals surface area (Å²) in [5.41, 5.74) is -1.26. The van der Waals surface area contributed by atoms with Gasteiger partial charge in [0.25, 0.3) is 0 Å². The van der Waals surface area contributed by atoms with E-state index in [1.165, 1.54) is 0 Å². The van der Waals surface area contributed by atoms with E-state index in [0.717, 1.165) is 25.7 Å². The number of alkyl carbamates (subject to hydrolysis) is 3. The molecule has 0 aromatic heterocycles. The molecule has 0 spiro atoms. The molecule has 0 aliphatic carbocycles. The first-order valence-corrected chi connectivity index (χ1v) is 11.6. The molecular weight excluding hydrogens is 436 g/mol. The average Bonchev–Trinajstić information content (AvgIpc) is 2.82. The zero-order valence-corrected chi connectivity index (χ0v) is 20.4. The van der Waals surface area contributed by atoms with E-state index in [-0.39, 0.29) is 26.4 Å². The average molecular weight is 479 g/mol. The maximum Gasteiger partial charge on any atom is 0.407 e. The Morgan fingerprint density at radius 1 is 0.667 bits per heavy atom. The van der Waals surface area contributed by atoms with Gasteiger partial charge in [0.05, 0.1) is 12.0 Å². The maximum atomic E-state index is 12.0. The molecule has 1 atom stereocenters. The second-order valence-corrected chi connectivity index (χ2v) is 7.63. The molecule has 194 valence electrons. The Bertz CT molecular complexity index is 491. The summed E-state index contributed by atoms with van der Waals surface area (Å²) in [6.45, 7) is 8.32. The minimum absolute atomic E-state index is 0.228. The van der Waals surface area contributed by atoms with Crippen LogP contribution < -0.4 is 21.3 Å². The van der Waals surface area contributed by atoms with Gasteiger partial charge >= 0.3 is 18.3 Å². The summed E-state index contributed by atoms with van der Waals surface area (Å²) in [7, 11) is 0. The van der Waals surface area contributed by atoms with Crippen LogP contribution in [0.1, 0.15) is 53.4 Å². The number of carbonyl (C=O) groups excluding carboxylic acids is 3. The summed E-state index contributed by atoms with van der Waals surface area (Å²) < 4.78 is 21.3. The molecule has 0 fully saturated rings. The predicted molar refractivity (Wildman–Crippen MR) is 122 cm³/mol. The second kappa shape index (κ2) is 19.2. The van der Waals surface area contributed by atoms with Gasteiger partial charge in [-0.3, -0.25) is 5.32 Å². The fourth-order valence-corrected chi connectivity index (χ4v) is 2.32. The van der Waals surface area contributed by atoms with Crippen molar-refractivity contribution >= 4 is 18.3 Å². The van der Waals surface area contributed by atoms with E-state index in [9.17, 15) is 19.5 Å². The normalized spacial score (nSPS) is 11.9. The molecule has 5 N–H and O–H groups in total. The summed E-state index contributed by atoms with van der Waals surface area (Å²) in [4.78, 5) is 36.0. The minimum atomic E-state index is -1.30. The number of amides is 3. The fraction of sp³-hybridized carbons (Fsp3) is 0.857. The van der Waals surface area contributed by atoms with Gasteiger partial charge in [-0.15, -0.1) is 0 Å². The van der Waals surface area contributed by atoms with Crippen LogP contribution in [0.3, 0.4) is 0 Å². The van der Waals surface area contributed by atoms with Gasteiger partial charge in [-0.25, -0.2) is 14.4 Å². The van der Waals surface area contributed by atoms with E-state index in [1.807, 2.05) is 27.7 Å². The van der Waals surface area contributed by atoms with Crippen LogP contribution in [0.5, 0.6) is 0 Å². The molecule has 0 aromatic carbocycles. The van der Waals surface area contributed by atoms with E-state index in [2.05, 4.69) is 21.3 Å². The zero-order valence-electron chi connectivity index (χ0n) is 20.4. The van der Waals surface area contributed by atoms with E-state index in [0.29, 0.717) is 26.2 Å². The highest BCUT2D eigenvalue weighted by Gasteiger charge is 2.37. The van der Waals surface area contributed by atoms with Crippen molar-refractivity contribution < 1.29 is 38.4 Å². The lowest BCUT2D eigenvalue weighted by Gasteiger charge is -2.32. The molecule has 0 bridgehead atoms. The Balaban J connectivity index is 5.40. The molecule has 0 radical (unpaired) electrons. The van der Waals surface area contributed by atoms with Crippen molar-refractivity contribution in [2.24, 2.45) is 5.41 Å². The van der Waals surface area contributed by atoms with Crippen LogP contribution in [0.2, 0.25) is 0 Å². The number of ether oxygens (including phenoxy) is 4. The summed E-state index contributed by atoms with van der Waals surface area (Å²) in [6.07, 6.45) is -0.375. The first-order chi connectivity index (χ1) is 15.8. The highest BCUT2D eigenvalue weighted by atomic mass is 16.6. The van der Waals surface area contributed by atoms with Crippen LogP contribution in [-0.2, 0) is 18.9 Å². The van der Waals surface area contributed by atoms with Crippen molar-refractivity contribution in [1.29, 1.82) is 0 Å². The lowest BCUT2D eigenvalue weighted by atomic mass is 9.92. The smallest absolute Gasteiger partial charge is 0.407 e. The molecule has 0 aliphatic heterocycles. The molecule has 33 heavy (non-hydrogen) atoms. The van der Waals surface area contributed by atoms with Crippen molar-refractivity contribution in [2.75, 3.05) is 52.6 Å². The van der Waals surface area contributed by atoms with Crippen LogP contribution in [0.4, 0.5) is 14.4 Å². The first-order valence-electron chi connectivity index (χ1n) is 11.6. The molecular formula is C21H42N4O8. The van der Waals surface area contributed by atoms with Crippen LogP contribution in [0, 0.1) is 5.41 Å². The van der Waals surface area contributed by atoms with E-state index in [1.54, 1.807) is 0 Å². The molecule has 3 amide bonds. The van der Waals surface area contributed by atoms with Gasteiger partial charge < -0.3 is 40.0 Å². The molecule has 0 aliphatic rings. The van der Waals surface area contributed by atoms with Gasteiger partial charge in [0.1, 0.15) is 19.8 Å². The number of hydrogen-bond acceptors (Lipinski definition) is 9. The number of nitrogens with one attached hydrogen (secondary N) is 4. The Kier molecular flexibility index (Phi) is 17.8. The van der Waals surface area contributed by atoms with Crippen molar-refractivity contribution in [3.05, 3.63) is 0 Å². The van der Waals surface area contributed by atoms with E-state index >= 15 is 0 Å². The van der Waals surface area contributed by atoms with Gasteiger partial charge in [0, 0.05) is 19.6 Å². The Hall–Kier alpha value is -2.31. The topological polar surface area (TPSA) is 156 Å². The van der Waals surface area contributed by atoms with Crippen LogP contribution in [0.25, 0.3) is 0 Å². The van der Waals surface area contributed by atoms with Gasteiger partial charge in [0.15, 0.2) is 0 Å². The van der Waals surface area contributed by atoms with Crippen molar-refractivity contribution in [2.45, 2.75) is 59.8 Å². The highest BCUT2D eigenvalue weighted by molar-refractivity contribution is 5.68. The van der Waals surface area contributed by atoms with Crippen molar-refractivity contribution in [3.8, 4) is 0 Å². The van der Waals surface area contributed by atoms with Crippen LogP contribution in [-0.4, -0.2) is 82.4 Å². The largest absolute Gasteiger partial charge is 0.449 e. The molecule has 0 rings (SSSR count). The molecule has 0 heterocycles. The third-order valence-electron chi connectivity index (χ3n) is 4.20. The number of carbonyl (C=O) groups is 3. The number of aliphatic hydroxyl groups excluding tert-OH is 1. The second-order valence-electron chi connectivity index (χ2n) is 7.63. The molecule has 0 saturated heterocycles. The number of hydrogen-bond donors (Lipinski definition) is 5. The van der Waals surface area contributed by atoms with E-state index in [4.69, 9.17) is 18.9 Å². The third-order valence-corrected chi connectivity index (χ3v) is 4.20. The SMILES string of the molecule is CCCNC(=O)OCC(COC(=O)NCCC)(COC(=O)NCCC)COC(O)NCCC. The van der Waals surface area contributed by atoms with Gasteiger partial charge in [-0.05, 0) is 32.2 Å². The lowest BCUT2D eigenvalue weighted by molar-refractivity contribution is -0.163. The lowest BCUT2D eigenvalue weighted by Crippen LogP contribution is -2.47. The monoisotopic (exact) mass is 478 g/mol. The Labute approximate surface area is 196 Å². The van der Waals surface area contributed by atoms with E-state index < -0.39 is 30.1 Å². The summed E-state index contributed by atoms with van der Waals surface area (Å²) in [6, 6.07) is 0. The quantitative estimate of drug-likeness (QED) is 0.146. The van der Waals surface area contributed by atoms with Crippen LogP contribution in [0.15, 0.2) is 0 Å². The summed E-state index contributed by atoms with van der Waals surface area (Å²) in [5, 5.41) is 20.5. The summed E-state index contributed by atoms with van der Waals surface area (Å²) >= 11 is 0. The first kappa shape index (κ1) is 30.7. The molecule has 1 unspecified atom stereocenters. The third kappa shape index (κ3) is 16.0. The highest BCUT2D eigenvalue weighted by Crippen LogP contribution is 2.21. The van der Waals surface area contributed by atoms with Crippen LogP contribution >= 0.6 is 0 Å². The van der Waals surface area contributed by atoms with Crippen molar-refractivity contribution in [3.63, 3.8) is 0 Å². The molecule has 0 saturated carbocycles. The zero-order chi connectivity index (χ0) is 25.0.